The van der Waals surface area contributed by atoms with Crippen LogP contribution in [0.3, 0.4) is 0 Å². The summed E-state index contributed by atoms with van der Waals surface area (Å²) in [6, 6.07) is 0. The molecule has 1 rings (SSSR count). The fraction of sp³-hybridized carbons (Fsp3) is 0.250. The molecule has 9 heavy (non-hydrogen) atoms. The van der Waals surface area contributed by atoms with Crippen LogP contribution < -0.4 is 0 Å². The number of aliphatic hydroxyl groups excluding tert-OH is 3. The average Bonchev–Trinajstić information content (AvgIpc) is 1.98. The fourth-order valence-corrected chi connectivity index (χ4v) is 0.432. The Hall–Kier alpha value is -1.23. The van der Waals surface area contributed by atoms with Gasteiger partial charge in [-0.05, 0) is 0 Å². The van der Waals surface area contributed by atoms with Crippen molar-refractivity contribution in [3.8, 4) is 0 Å². The molecule has 0 fully saturated rings. The van der Waals surface area contributed by atoms with E-state index in [0.717, 1.165) is 0 Å². The molecule has 1 aliphatic rings. The summed E-state index contributed by atoms with van der Waals surface area (Å²) in [5, 5.41) is 25.3. The van der Waals surface area contributed by atoms with Crippen molar-refractivity contribution in [2.45, 2.75) is 6.10 Å². The highest BCUT2D eigenvalue weighted by molar-refractivity contribution is 5.80. The van der Waals surface area contributed by atoms with Crippen molar-refractivity contribution >= 4 is 5.97 Å². The second-order valence-corrected chi connectivity index (χ2v) is 1.51. The Morgan fingerprint density at radius 2 is 2.00 bits per heavy atom. The zero-order valence-corrected chi connectivity index (χ0v) is 4.24. The molecular formula is C4H4O5. The monoisotopic (exact) mass is 132 g/mol. The number of carbonyl (C=O) groups is 1. The summed E-state index contributed by atoms with van der Waals surface area (Å²) in [7, 11) is 0. The van der Waals surface area contributed by atoms with Crippen molar-refractivity contribution in [2.75, 3.05) is 0 Å². The Bertz CT molecular complexity index is 181. The molecule has 3 N–H and O–H groups in total. The minimum Gasteiger partial charge on any atom is -0.503 e. The van der Waals surface area contributed by atoms with Crippen LogP contribution in [0.5, 0.6) is 0 Å². The topological polar surface area (TPSA) is 87.0 Å². The van der Waals surface area contributed by atoms with E-state index >= 15 is 0 Å². The van der Waals surface area contributed by atoms with Gasteiger partial charge in [0.2, 0.25) is 11.9 Å². The molecular weight excluding hydrogens is 128 g/mol. The first-order valence-electron chi connectivity index (χ1n) is 2.15. The number of carbonyl (C=O) groups excluding carboxylic acids is 1. The average molecular weight is 132 g/mol. The predicted molar refractivity (Wildman–Crippen MR) is 24.4 cm³/mol. The van der Waals surface area contributed by atoms with Crippen LogP contribution in [0.4, 0.5) is 0 Å². The van der Waals surface area contributed by atoms with Gasteiger partial charge in [-0.25, -0.2) is 4.79 Å². The van der Waals surface area contributed by atoms with E-state index in [0.29, 0.717) is 0 Å². The third-order valence-corrected chi connectivity index (χ3v) is 0.899. The molecule has 1 unspecified atom stereocenters. The Kier molecular flexibility index (Phi) is 1.07. The lowest BCUT2D eigenvalue weighted by Crippen LogP contribution is -2.16. The highest BCUT2D eigenvalue weighted by atomic mass is 16.6. The van der Waals surface area contributed by atoms with E-state index in [1.165, 1.54) is 0 Å². The van der Waals surface area contributed by atoms with Crippen LogP contribution in [0.2, 0.25) is 0 Å². The quantitative estimate of drug-likeness (QED) is 0.375. The SMILES string of the molecule is O=C1OC(O)=C(O)C1O. The minimum absolute atomic E-state index is 0.833. The molecule has 0 spiro atoms. The Labute approximate surface area is 49.8 Å². The molecule has 0 saturated carbocycles. The van der Waals surface area contributed by atoms with Gasteiger partial charge in [-0.1, -0.05) is 0 Å². The van der Waals surface area contributed by atoms with Crippen LogP contribution in [0.15, 0.2) is 11.7 Å². The smallest absolute Gasteiger partial charge is 0.351 e. The maximum absolute atomic E-state index is 10.2. The maximum Gasteiger partial charge on any atom is 0.351 e. The first-order chi connectivity index (χ1) is 4.13. The van der Waals surface area contributed by atoms with Crippen molar-refractivity contribution in [1.82, 2.24) is 0 Å². The van der Waals surface area contributed by atoms with Crippen molar-refractivity contribution in [3.05, 3.63) is 11.7 Å². The van der Waals surface area contributed by atoms with Crippen molar-refractivity contribution in [2.24, 2.45) is 0 Å². The van der Waals surface area contributed by atoms with E-state index in [1.807, 2.05) is 0 Å². The van der Waals surface area contributed by atoms with Gasteiger partial charge in [0.25, 0.3) is 0 Å². The molecule has 0 radical (unpaired) electrons. The molecule has 0 bridgehead atoms. The lowest BCUT2D eigenvalue weighted by molar-refractivity contribution is -0.146. The zero-order valence-electron chi connectivity index (χ0n) is 4.24. The lowest BCUT2D eigenvalue weighted by Gasteiger charge is -1.91. The van der Waals surface area contributed by atoms with Gasteiger partial charge in [-0.3, -0.25) is 0 Å². The molecule has 0 aromatic carbocycles. The van der Waals surface area contributed by atoms with Crippen LogP contribution >= 0.6 is 0 Å². The van der Waals surface area contributed by atoms with Crippen LogP contribution in [0.25, 0.3) is 0 Å². The molecule has 0 aromatic rings. The van der Waals surface area contributed by atoms with E-state index in [1.54, 1.807) is 0 Å². The molecule has 0 amide bonds. The number of aliphatic hydroxyl groups is 3. The van der Waals surface area contributed by atoms with Crippen LogP contribution in [-0.2, 0) is 9.53 Å². The number of cyclic esters (lactones) is 1. The Morgan fingerprint density at radius 3 is 2.11 bits per heavy atom. The largest absolute Gasteiger partial charge is 0.503 e. The molecule has 5 heteroatoms. The summed E-state index contributed by atoms with van der Waals surface area (Å²) in [6.07, 6.45) is -1.72. The second-order valence-electron chi connectivity index (χ2n) is 1.51. The van der Waals surface area contributed by atoms with E-state index in [2.05, 4.69) is 4.74 Å². The van der Waals surface area contributed by atoms with Gasteiger partial charge < -0.3 is 20.1 Å². The van der Waals surface area contributed by atoms with Gasteiger partial charge in [0.15, 0.2) is 0 Å². The van der Waals surface area contributed by atoms with Gasteiger partial charge >= 0.3 is 11.9 Å². The minimum atomic E-state index is -1.72. The first kappa shape index (κ1) is 5.90. The van der Waals surface area contributed by atoms with Crippen molar-refractivity contribution in [1.29, 1.82) is 0 Å². The fourth-order valence-electron chi connectivity index (χ4n) is 0.432. The molecule has 1 aliphatic heterocycles. The highest BCUT2D eigenvalue weighted by Gasteiger charge is 2.34. The Balaban J connectivity index is 2.87. The van der Waals surface area contributed by atoms with Crippen LogP contribution in [0, 0.1) is 0 Å². The summed E-state index contributed by atoms with van der Waals surface area (Å²) in [5.74, 6) is -2.82. The van der Waals surface area contributed by atoms with Gasteiger partial charge in [0.05, 0.1) is 0 Å². The third-order valence-electron chi connectivity index (χ3n) is 0.899. The van der Waals surface area contributed by atoms with E-state index in [9.17, 15) is 4.79 Å². The molecule has 5 nitrogen and oxygen atoms in total. The number of rotatable bonds is 0. The molecule has 0 aromatic heterocycles. The first-order valence-corrected chi connectivity index (χ1v) is 2.15. The van der Waals surface area contributed by atoms with Gasteiger partial charge in [0, 0.05) is 0 Å². The summed E-state index contributed by atoms with van der Waals surface area (Å²) in [4.78, 5) is 10.2. The van der Waals surface area contributed by atoms with Gasteiger partial charge in [0.1, 0.15) is 0 Å². The Morgan fingerprint density at radius 1 is 1.44 bits per heavy atom. The second kappa shape index (κ2) is 1.63. The molecule has 1 heterocycles. The van der Waals surface area contributed by atoms with E-state index in [-0.39, 0.29) is 0 Å². The van der Waals surface area contributed by atoms with Crippen molar-refractivity contribution < 1.29 is 24.9 Å². The maximum atomic E-state index is 10.2. The van der Waals surface area contributed by atoms with Gasteiger partial charge in [-0.15, -0.1) is 0 Å². The standard InChI is InChI=1S/C4H4O5/c5-1-2(6)4(8)9-3(1)7/h1,5-6,8H. The normalized spacial score (nSPS) is 26.8. The number of ether oxygens (including phenoxy) is 1. The van der Waals surface area contributed by atoms with Crippen LogP contribution in [0.1, 0.15) is 0 Å². The van der Waals surface area contributed by atoms with Crippen LogP contribution in [-0.4, -0.2) is 27.4 Å². The predicted octanol–water partition coefficient (Wildman–Crippen LogP) is -0.811. The summed E-state index contributed by atoms with van der Waals surface area (Å²) >= 11 is 0. The zero-order chi connectivity index (χ0) is 7.02. The molecule has 1 atom stereocenters. The summed E-state index contributed by atoms with van der Waals surface area (Å²) < 4.78 is 3.88. The molecule has 0 saturated heterocycles. The van der Waals surface area contributed by atoms with E-state index in [4.69, 9.17) is 15.3 Å². The number of hydrogen-bond donors (Lipinski definition) is 3. The van der Waals surface area contributed by atoms with E-state index < -0.39 is 23.8 Å². The lowest BCUT2D eigenvalue weighted by atomic mass is 10.3. The summed E-state index contributed by atoms with van der Waals surface area (Å²) in [6.45, 7) is 0. The number of esters is 1. The third kappa shape index (κ3) is 0.706. The molecule has 50 valence electrons. The highest BCUT2D eigenvalue weighted by Crippen LogP contribution is 2.15. The van der Waals surface area contributed by atoms with Crippen molar-refractivity contribution in [3.63, 3.8) is 0 Å². The van der Waals surface area contributed by atoms with Gasteiger partial charge in [-0.2, -0.15) is 0 Å². The molecule has 0 aliphatic carbocycles. The summed E-state index contributed by atoms with van der Waals surface area (Å²) in [5.41, 5.74) is 0. The number of hydrogen-bond acceptors (Lipinski definition) is 5.